The highest BCUT2D eigenvalue weighted by atomic mass is 35.5. The summed E-state index contributed by atoms with van der Waals surface area (Å²) < 4.78 is 6.29. The number of Topliss-reactive ketones (excluding diaryl/α,β-unsaturated/α-hetero) is 1. The molecule has 0 aromatic carbocycles. The van der Waals surface area contributed by atoms with Crippen molar-refractivity contribution in [3.05, 3.63) is 0 Å². The molecular weight excluding hydrogens is 284 g/mol. The van der Waals surface area contributed by atoms with Crippen molar-refractivity contribution in [3.63, 3.8) is 0 Å². The van der Waals surface area contributed by atoms with Crippen molar-refractivity contribution in [2.75, 3.05) is 12.5 Å². The SMILES string of the molecule is CCC(C(C)=O)C1(C)CC2CC(C)CC(OCCCl)(C2)C1. The summed E-state index contributed by atoms with van der Waals surface area (Å²) in [6, 6.07) is 0. The maximum absolute atomic E-state index is 12.1. The van der Waals surface area contributed by atoms with Crippen LogP contribution < -0.4 is 0 Å². The second-order valence-electron chi connectivity index (χ2n) is 7.94. The molecule has 2 aliphatic carbocycles. The molecule has 5 atom stereocenters. The Labute approximate surface area is 135 Å². The smallest absolute Gasteiger partial charge is 0.133 e. The first kappa shape index (κ1) is 17.3. The maximum Gasteiger partial charge on any atom is 0.133 e. The highest BCUT2D eigenvalue weighted by Gasteiger charge is 2.53. The normalized spacial score (nSPS) is 40.8. The second kappa shape index (κ2) is 6.58. The molecule has 2 saturated carbocycles. The van der Waals surface area contributed by atoms with Gasteiger partial charge in [-0.05, 0) is 62.7 Å². The lowest BCUT2D eigenvalue weighted by Crippen LogP contribution is -2.53. The first-order chi connectivity index (χ1) is 9.84. The predicted molar refractivity (Wildman–Crippen MR) is 87.7 cm³/mol. The van der Waals surface area contributed by atoms with Crippen LogP contribution in [0.15, 0.2) is 0 Å². The van der Waals surface area contributed by atoms with Crippen LogP contribution in [0.1, 0.15) is 66.2 Å². The van der Waals surface area contributed by atoms with Gasteiger partial charge >= 0.3 is 0 Å². The molecule has 0 aliphatic heterocycles. The maximum atomic E-state index is 12.1. The summed E-state index contributed by atoms with van der Waals surface area (Å²) in [7, 11) is 0. The summed E-state index contributed by atoms with van der Waals surface area (Å²) in [6.45, 7) is 9.21. The molecule has 0 heterocycles. The Hall–Kier alpha value is -0.0800. The van der Waals surface area contributed by atoms with Gasteiger partial charge in [0.1, 0.15) is 5.78 Å². The third-order valence-corrected chi connectivity index (χ3v) is 5.98. The van der Waals surface area contributed by atoms with E-state index in [-0.39, 0.29) is 16.9 Å². The number of fused-ring (bicyclic) bond motifs is 2. The van der Waals surface area contributed by atoms with Crippen molar-refractivity contribution < 1.29 is 9.53 Å². The summed E-state index contributed by atoms with van der Waals surface area (Å²) in [5, 5.41) is 0. The van der Waals surface area contributed by atoms with Crippen LogP contribution in [-0.2, 0) is 9.53 Å². The summed E-state index contributed by atoms with van der Waals surface area (Å²) in [4.78, 5) is 12.1. The Bertz CT molecular complexity index is 379. The standard InChI is InChI=1S/C18H31ClO2/c1-5-16(14(3)20)17(4)10-15-8-13(2)9-18(11-15,12-17)21-7-6-19/h13,15-16H,5-12H2,1-4H3. The van der Waals surface area contributed by atoms with Gasteiger partial charge in [0.2, 0.25) is 0 Å². The third kappa shape index (κ3) is 3.64. The lowest BCUT2D eigenvalue weighted by Gasteiger charge is -2.56. The molecule has 0 spiro atoms. The number of alkyl halides is 1. The van der Waals surface area contributed by atoms with Crippen molar-refractivity contribution in [2.45, 2.75) is 71.8 Å². The molecular formula is C18H31ClO2. The van der Waals surface area contributed by atoms with Gasteiger partial charge < -0.3 is 4.74 Å². The number of carbonyl (C=O) groups is 1. The van der Waals surface area contributed by atoms with Crippen molar-refractivity contribution in [3.8, 4) is 0 Å². The van der Waals surface area contributed by atoms with Gasteiger partial charge in [0.25, 0.3) is 0 Å². The van der Waals surface area contributed by atoms with E-state index in [1.807, 2.05) is 0 Å². The molecule has 2 rings (SSSR count). The zero-order chi connectivity index (χ0) is 15.7. The molecule has 0 radical (unpaired) electrons. The fourth-order valence-corrected chi connectivity index (χ4v) is 5.79. The molecule has 3 heteroatoms. The molecule has 2 aliphatic rings. The number of ether oxygens (including phenoxy) is 1. The van der Waals surface area contributed by atoms with Gasteiger partial charge in [-0.3, -0.25) is 4.79 Å². The molecule has 2 fully saturated rings. The fraction of sp³-hybridized carbons (Fsp3) is 0.944. The summed E-state index contributed by atoms with van der Waals surface area (Å²) >= 11 is 5.86. The van der Waals surface area contributed by atoms with Crippen molar-refractivity contribution in [1.29, 1.82) is 0 Å². The minimum absolute atomic E-state index is 0.0346. The monoisotopic (exact) mass is 314 g/mol. The first-order valence-corrected chi connectivity index (χ1v) is 9.08. The first-order valence-electron chi connectivity index (χ1n) is 8.54. The summed E-state index contributed by atoms with van der Waals surface area (Å²) in [5.41, 5.74) is 0.0586. The molecule has 5 unspecified atom stereocenters. The van der Waals surface area contributed by atoms with E-state index in [1.54, 1.807) is 6.92 Å². The second-order valence-corrected chi connectivity index (χ2v) is 8.32. The number of rotatable bonds is 6. The Morgan fingerprint density at radius 2 is 2.10 bits per heavy atom. The lowest BCUT2D eigenvalue weighted by atomic mass is 9.53. The highest BCUT2D eigenvalue weighted by molar-refractivity contribution is 6.17. The van der Waals surface area contributed by atoms with Crippen LogP contribution in [0.4, 0.5) is 0 Å². The number of carbonyl (C=O) groups excluding carboxylic acids is 1. The van der Waals surface area contributed by atoms with Crippen LogP contribution in [-0.4, -0.2) is 23.9 Å². The number of hydrogen-bond donors (Lipinski definition) is 0. The van der Waals surface area contributed by atoms with E-state index in [2.05, 4.69) is 20.8 Å². The van der Waals surface area contributed by atoms with Crippen molar-refractivity contribution >= 4 is 17.4 Å². The minimum atomic E-state index is -0.0346. The highest BCUT2D eigenvalue weighted by Crippen LogP contribution is 2.57. The van der Waals surface area contributed by atoms with E-state index in [1.165, 1.54) is 12.8 Å². The van der Waals surface area contributed by atoms with Gasteiger partial charge in [-0.25, -0.2) is 0 Å². The van der Waals surface area contributed by atoms with Crippen LogP contribution >= 0.6 is 11.6 Å². The van der Waals surface area contributed by atoms with E-state index in [0.29, 0.717) is 24.2 Å². The minimum Gasteiger partial charge on any atom is -0.374 e. The summed E-state index contributed by atoms with van der Waals surface area (Å²) in [5.74, 6) is 2.51. The van der Waals surface area contributed by atoms with Crippen LogP contribution in [0.3, 0.4) is 0 Å². The molecule has 0 aromatic rings. The van der Waals surface area contributed by atoms with Crippen molar-refractivity contribution in [2.24, 2.45) is 23.2 Å². The van der Waals surface area contributed by atoms with E-state index >= 15 is 0 Å². The number of halogens is 1. The van der Waals surface area contributed by atoms with Crippen LogP contribution in [0.5, 0.6) is 0 Å². The molecule has 2 bridgehead atoms. The van der Waals surface area contributed by atoms with Gasteiger partial charge in [-0.15, -0.1) is 11.6 Å². The van der Waals surface area contributed by atoms with E-state index in [4.69, 9.17) is 16.3 Å². The van der Waals surface area contributed by atoms with Gasteiger partial charge in [0, 0.05) is 11.8 Å². The Kier molecular flexibility index (Phi) is 5.41. The molecule has 0 saturated heterocycles. The molecule has 0 N–H and O–H groups in total. The zero-order valence-corrected chi connectivity index (χ0v) is 14.8. The zero-order valence-electron chi connectivity index (χ0n) is 14.1. The van der Waals surface area contributed by atoms with Gasteiger partial charge in [0.05, 0.1) is 12.2 Å². The predicted octanol–water partition coefficient (Wildman–Crippen LogP) is 4.83. The topological polar surface area (TPSA) is 26.3 Å². The van der Waals surface area contributed by atoms with E-state index in [9.17, 15) is 4.79 Å². The fourth-order valence-electron chi connectivity index (χ4n) is 5.71. The quantitative estimate of drug-likeness (QED) is 0.656. The Morgan fingerprint density at radius 3 is 2.67 bits per heavy atom. The summed E-state index contributed by atoms with van der Waals surface area (Å²) in [6.07, 6.45) is 6.73. The van der Waals surface area contributed by atoms with Gasteiger partial charge in [0.15, 0.2) is 0 Å². The Balaban J connectivity index is 2.25. The van der Waals surface area contributed by atoms with Gasteiger partial charge in [-0.1, -0.05) is 20.8 Å². The number of hydrogen-bond acceptors (Lipinski definition) is 2. The molecule has 0 amide bonds. The lowest BCUT2D eigenvalue weighted by molar-refractivity contribution is -0.161. The van der Waals surface area contributed by atoms with Crippen LogP contribution in [0, 0.1) is 23.2 Å². The molecule has 21 heavy (non-hydrogen) atoms. The van der Waals surface area contributed by atoms with Gasteiger partial charge in [-0.2, -0.15) is 0 Å². The van der Waals surface area contributed by atoms with Crippen molar-refractivity contribution in [1.82, 2.24) is 0 Å². The average Bonchev–Trinajstić information content (AvgIpc) is 2.34. The van der Waals surface area contributed by atoms with E-state index in [0.717, 1.165) is 31.6 Å². The Morgan fingerprint density at radius 1 is 1.38 bits per heavy atom. The average molecular weight is 315 g/mol. The van der Waals surface area contributed by atoms with E-state index < -0.39 is 0 Å². The van der Waals surface area contributed by atoms with Crippen LogP contribution in [0.2, 0.25) is 0 Å². The number of ketones is 1. The molecule has 2 nitrogen and oxygen atoms in total. The molecule has 122 valence electrons. The third-order valence-electron chi connectivity index (χ3n) is 5.82. The molecule has 0 aromatic heterocycles. The van der Waals surface area contributed by atoms with Crippen LogP contribution in [0.25, 0.3) is 0 Å². The largest absolute Gasteiger partial charge is 0.374 e.